The molecule has 2 rings (SSSR count). The number of carbonyl (C=O) groups excluding carboxylic acids is 1. The Morgan fingerprint density at radius 1 is 1.56 bits per heavy atom. The summed E-state index contributed by atoms with van der Waals surface area (Å²) in [5.74, 6) is 0.673. The molecule has 0 saturated carbocycles. The van der Waals surface area contributed by atoms with Crippen LogP contribution >= 0.6 is 0 Å². The number of anilines is 1. The quantitative estimate of drug-likeness (QED) is 0.817. The molecule has 0 saturated heterocycles. The number of carbonyl (C=O) groups is 1. The Morgan fingerprint density at radius 3 is 2.94 bits per heavy atom. The van der Waals surface area contributed by atoms with Gasteiger partial charge in [0.2, 0.25) is 0 Å². The number of rotatable bonds is 4. The van der Waals surface area contributed by atoms with Crippen molar-refractivity contribution in [3.8, 4) is 0 Å². The Bertz CT molecular complexity index is 564. The molecular formula is C11H14N6O. The van der Waals surface area contributed by atoms with Gasteiger partial charge in [-0.1, -0.05) is 0 Å². The van der Waals surface area contributed by atoms with Crippen molar-refractivity contribution in [1.82, 2.24) is 19.7 Å². The van der Waals surface area contributed by atoms with E-state index in [0.717, 1.165) is 5.82 Å². The minimum absolute atomic E-state index is 0.134. The first-order valence-electron chi connectivity index (χ1n) is 5.45. The number of pyridine rings is 1. The van der Waals surface area contributed by atoms with Crippen LogP contribution in [0.25, 0.3) is 0 Å². The number of primary amides is 1. The third kappa shape index (κ3) is 2.29. The SMILES string of the molecule is CC(Nc1ncccc1C(N)=O)c1nncn1C. The van der Waals surface area contributed by atoms with Gasteiger partial charge in [0.25, 0.3) is 5.91 Å². The van der Waals surface area contributed by atoms with Crippen LogP contribution in [0.1, 0.15) is 29.1 Å². The highest BCUT2D eigenvalue weighted by atomic mass is 16.1. The lowest BCUT2D eigenvalue weighted by molar-refractivity contribution is 0.100. The molecule has 1 atom stereocenters. The number of hydrogen-bond donors (Lipinski definition) is 2. The van der Waals surface area contributed by atoms with Gasteiger partial charge in [-0.15, -0.1) is 10.2 Å². The van der Waals surface area contributed by atoms with E-state index in [4.69, 9.17) is 5.73 Å². The molecule has 0 radical (unpaired) electrons. The van der Waals surface area contributed by atoms with Gasteiger partial charge in [0.05, 0.1) is 11.6 Å². The van der Waals surface area contributed by atoms with E-state index in [2.05, 4.69) is 20.5 Å². The molecule has 2 heterocycles. The van der Waals surface area contributed by atoms with Crippen LogP contribution in [0.3, 0.4) is 0 Å². The van der Waals surface area contributed by atoms with Crippen molar-refractivity contribution < 1.29 is 4.79 Å². The van der Waals surface area contributed by atoms with Crippen LogP contribution in [-0.4, -0.2) is 25.7 Å². The van der Waals surface area contributed by atoms with Crippen LogP contribution in [0.5, 0.6) is 0 Å². The van der Waals surface area contributed by atoms with Crippen LogP contribution in [-0.2, 0) is 7.05 Å². The average molecular weight is 246 g/mol. The van der Waals surface area contributed by atoms with Crippen LogP contribution in [0, 0.1) is 0 Å². The predicted octanol–water partition coefficient (Wildman–Crippen LogP) is 0.482. The molecule has 2 aromatic rings. The molecule has 2 aromatic heterocycles. The van der Waals surface area contributed by atoms with Gasteiger partial charge in [0.1, 0.15) is 12.1 Å². The minimum Gasteiger partial charge on any atom is -0.365 e. The summed E-state index contributed by atoms with van der Waals surface area (Å²) in [6, 6.07) is 3.16. The van der Waals surface area contributed by atoms with Gasteiger partial charge in [-0.05, 0) is 19.1 Å². The Kier molecular flexibility index (Phi) is 3.22. The van der Waals surface area contributed by atoms with Crippen molar-refractivity contribution in [3.05, 3.63) is 36.0 Å². The highest BCUT2D eigenvalue weighted by Crippen LogP contribution is 2.18. The Labute approximate surface area is 104 Å². The largest absolute Gasteiger partial charge is 0.365 e. The van der Waals surface area contributed by atoms with Gasteiger partial charge < -0.3 is 15.6 Å². The Morgan fingerprint density at radius 2 is 2.33 bits per heavy atom. The van der Waals surface area contributed by atoms with Crippen molar-refractivity contribution in [3.63, 3.8) is 0 Å². The van der Waals surface area contributed by atoms with E-state index in [1.807, 2.05) is 14.0 Å². The first-order valence-corrected chi connectivity index (χ1v) is 5.45. The topological polar surface area (TPSA) is 98.7 Å². The molecule has 3 N–H and O–H groups in total. The summed E-state index contributed by atoms with van der Waals surface area (Å²) in [5.41, 5.74) is 5.64. The first kappa shape index (κ1) is 12.0. The minimum atomic E-state index is -0.518. The van der Waals surface area contributed by atoms with E-state index in [-0.39, 0.29) is 6.04 Å². The normalized spacial score (nSPS) is 12.1. The summed E-state index contributed by atoms with van der Waals surface area (Å²) < 4.78 is 1.80. The summed E-state index contributed by atoms with van der Waals surface area (Å²) in [5, 5.41) is 10.9. The lowest BCUT2D eigenvalue weighted by Crippen LogP contribution is -2.18. The molecule has 0 fully saturated rings. The van der Waals surface area contributed by atoms with E-state index in [0.29, 0.717) is 11.4 Å². The summed E-state index contributed by atoms with van der Waals surface area (Å²) in [7, 11) is 1.85. The molecule has 0 aromatic carbocycles. The zero-order valence-electron chi connectivity index (χ0n) is 10.2. The summed E-state index contributed by atoms with van der Waals surface area (Å²) in [6.45, 7) is 1.91. The molecule has 0 aliphatic carbocycles. The summed E-state index contributed by atoms with van der Waals surface area (Å²) in [6.07, 6.45) is 3.21. The molecule has 0 aliphatic heterocycles. The molecular weight excluding hydrogens is 232 g/mol. The lowest BCUT2D eigenvalue weighted by atomic mass is 10.2. The van der Waals surface area contributed by atoms with E-state index < -0.39 is 5.91 Å². The number of hydrogen-bond acceptors (Lipinski definition) is 5. The molecule has 1 amide bonds. The van der Waals surface area contributed by atoms with Crippen molar-refractivity contribution in [2.75, 3.05) is 5.32 Å². The maximum Gasteiger partial charge on any atom is 0.252 e. The number of aromatic nitrogens is 4. The molecule has 1 unspecified atom stereocenters. The predicted molar refractivity (Wildman–Crippen MR) is 65.8 cm³/mol. The fourth-order valence-electron chi connectivity index (χ4n) is 1.67. The second kappa shape index (κ2) is 4.82. The number of amides is 1. The number of aryl methyl sites for hydroxylation is 1. The van der Waals surface area contributed by atoms with Gasteiger partial charge in [0, 0.05) is 13.2 Å². The Balaban J connectivity index is 2.25. The van der Waals surface area contributed by atoms with Gasteiger partial charge in [0.15, 0.2) is 5.82 Å². The van der Waals surface area contributed by atoms with Gasteiger partial charge >= 0.3 is 0 Å². The highest BCUT2D eigenvalue weighted by Gasteiger charge is 2.15. The number of nitrogens with one attached hydrogen (secondary N) is 1. The fourth-order valence-corrected chi connectivity index (χ4v) is 1.67. The maximum absolute atomic E-state index is 11.3. The van der Waals surface area contributed by atoms with Crippen molar-refractivity contribution >= 4 is 11.7 Å². The van der Waals surface area contributed by atoms with E-state index in [9.17, 15) is 4.79 Å². The zero-order chi connectivity index (χ0) is 13.1. The average Bonchev–Trinajstić information content (AvgIpc) is 2.76. The molecule has 18 heavy (non-hydrogen) atoms. The van der Waals surface area contributed by atoms with Gasteiger partial charge in [-0.25, -0.2) is 4.98 Å². The van der Waals surface area contributed by atoms with E-state index in [1.54, 1.807) is 29.2 Å². The molecule has 0 bridgehead atoms. The van der Waals surface area contributed by atoms with Crippen LogP contribution in [0.15, 0.2) is 24.7 Å². The Hall–Kier alpha value is -2.44. The molecule has 94 valence electrons. The van der Waals surface area contributed by atoms with Crippen LogP contribution < -0.4 is 11.1 Å². The van der Waals surface area contributed by atoms with Gasteiger partial charge in [-0.3, -0.25) is 4.79 Å². The summed E-state index contributed by atoms with van der Waals surface area (Å²) in [4.78, 5) is 15.4. The van der Waals surface area contributed by atoms with Crippen LogP contribution in [0.4, 0.5) is 5.82 Å². The lowest BCUT2D eigenvalue weighted by Gasteiger charge is -2.15. The zero-order valence-corrected chi connectivity index (χ0v) is 10.2. The summed E-state index contributed by atoms with van der Waals surface area (Å²) >= 11 is 0. The van der Waals surface area contributed by atoms with Gasteiger partial charge in [-0.2, -0.15) is 0 Å². The standard InChI is InChI=1S/C11H14N6O/c1-7(11-16-14-6-17(11)2)15-10-8(9(12)18)4-3-5-13-10/h3-7H,1-2H3,(H2,12,18)(H,13,15). The smallest absolute Gasteiger partial charge is 0.252 e. The van der Waals surface area contributed by atoms with Crippen molar-refractivity contribution in [1.29, 1.82) is 0 Å². The molecule has 7 heteroatoms. The first-order chi connectivity index (χ1) is 8.59. The molecule has 0 aliphatic rings. The molecule has 0 spiro atoms. The second-order valence-electron chi connectivity index (χ2n) is 3.93. The highest BCUT2D eigenvalue weighted by molar-refractivity contribution is 5.97. The number of nitrogens with zero attached hydrogens (tertiary/aromatic N) is 4. The maximum atomic E-state index is 11.3. The monoisotopic (exact) mass is 246 g/mol. The fraction of sp³-hybridized carbons (Fsp3) is 0.273. The third-order valence-corrected chi connectivity index (χ3v) is 2.56. The number of nitrogens with two attached hydrogens (primary N) is 1. The molecule has 7 nitrogen and oxygen atoms in total. The third-order valence-electron chi connectivity index (χ3n) is 2.56. The van der Waals surface area contributed by atoms with E-state index in [1.165, 1.54) is 0 Å². The second-order valence-corrected chi connectivity index (χ2v) is 3.93. The van der Waals surface area contributed by atoms with Crippen molar-refractivity contribution in [2.45, 2.75) is 13.0 Å². The van der Waals surface area contributed by atoms with E-state index >= 15 is 0 Å². The van der Waals surface area contributed by atoms with Crippen LogP contribution in [0.2, 0.25) is 0 Å². The van der Waals surface area contributed by atoms with Crippen molar-refractivity contribution in [2.24, 2.45) is 12.8 Å².